The molecule has 43 heavy (non-hydrogen) atoms. The fourth-order valence-electron chi connectivity index (χ4n) is 6.38. The predicted molar refractivity (Wildman–Crippen MR) is 169 cm³/mol. The van der Waals surface area contributed by atoms with Crippen molar-refractivity contribution in [3.63, 3.8) is 0 Å². The van der Waals surface area contributed by atoms with Crippen LogP contribution >= 0.6 is 0 Å². The third-order valence-corrected chi connectivity index (χ3v) is 8.92. The first-order chi connectivity index (χ1) is 20.8. The maximum Gasteiger partial charge on any atom is 0.251 e. The van der Waals surface area contributed by atoms with Crippen molar-refractivity contribution in [2.75, 3.05) is 33.4 Å². The van der Waals surface area contributed by atoms with E-state index >= 15 is 0 Å². The molecule has 2 aliphatic rings. The van der Waals surface area contributed by atoms with Crippen LogP contribution in [-0.4, -0.2) is 61.9 Å². The summed E-state index contributed by atoms with van der Waals surface area (Å²) in [6.45, 7) is 8.48. The van der Waals surface area contributed by atoms with Crippen molar-refractivity contribution >= 4 is 17.6 Å². The summed E-state index contributed by atoms with van der Waals surface area (Å²) in [5.41, 5.74) is 2.70. The Kier molecular flexibility index (Phi) is 12.0. The summed E-state index contributed by atoms with van der Waals surface area (Å²) in [4.78, 5) is 41.3. The van der Waals surface area contributed by atoms with Gasteiger partial charge in [0.05, 0.1) is 26.3 Å². The number of rotatable bonds is 13. The molecule has 1 saturated heterocycles. The van der Waals surface area contributed by atoms with E-state index in [1.807, 2.05) is 62.1 Å². The number of hydrogen-bond donors (Lipinski definition) is 2. The third-order valence-electron chi connectivity index (χ3n) is 8.92. The second kappa shape index (κ2) is 15.9. The molecule has 1 aliphatic carbocycles. The summed E-state index contributed by atoms with van der Waals surface area (Å²) in [6, 6.07) is 13.1. The van der Waals surface area contributed by atoms with E-state index in [0.29, 0.717) is 31.8 Å². The summed E-state index contributed by atoms with van der Waals surface area (Å²) >= 11 is 0. The fourth-order valence-corrected chi connectivity index (χ4v) is 6.38. The maximum atomic E-state index is 13.4. The quantitative estimate of drug-likeness (QED) is 0.320. The molecule has 1 saturated carbocycles. The van der Waals surface area contributed by atoms with Crippen LogP contribution in [0.5, 0.6) is 11.5 Å². The van der Waals surface area contributed by atoms with Crippen LogP contribution in [0.4, 0.5) is 0 Å². The Morgan fingerprint density at radius 3 is 2.40 bits per heavy atom. The lowest BCUT2D eigenvalue weighted by molar-refractivity contribution is -0.131. The average Bonchev–Trinajstić information content (AvgIpc) is 3.04. The third kappa shape index (κ3) is 8.82. The van der Waals surface area contributed by atoms with Crippen molar-refractivity contribution in [1.82, 2.24) is 15.5 Å². The zero-order chi connectivity index (χ0) is 30.8. The van der Waals surface area contributed by atoms with Crippen LogP contribution in [0.25, 0.3) is 0 Å². The normalized spacial score (nSPS) is 17.0. The number of likely N-dealkylation sites (tertiary alicyclic amines) is 1. The molecule has 2 aromatic carbocycles. The molecule has 0 bridgehead atoms. The lowest BCUT2D eigenvalue weighted by Crippen LogP contribution is -2.48. The van der Waals surface area contributed by atoms with E-state index in [-0.39, 0.29) is 41.9 Å². The first-order valence-corrected chi connectivity index (χ1v) is 16.0. The largest absolute Gasteiger partial charge is 0.497 e. The zero-order valence-electron chi connectivity index (χ0n) is 26.3. The second-order valence-corrected chi connectivity index (χ2v) is 12.2. The van der Waals surface area contributed by atoms with E-state index < -0.39 is 6.04 Å². The number of carbonyl (C=O) groups is 3. The highest BCUT2D eigenvalue weighted by molar-refractivity contribution is 5.98. The molecule has 0 aromatic heterocycles. The lowest BCUT2D eigenvalue weighted by atomic mass is 9.80. The molecule has 2 N–H and O–H groups in total. The number of carbonyl (C=O) groups excluding carboxylic acids is 3. The standard InChI is InChI=1S/C35H49N3O5/c1-5-43-31-21-30(42-4)15-14-29(31)22-36-23-32(39)38-18-16-25(17-19-38)27-12-9-13-28(20-27)35(41)37-33(34(40)24(2)3)26-10-7-6-8-11-26/h9,12-15,20-21,24-26,33,36H,5-8,10-11,16-19,22-23H2,1-4H3,(H,37,41)/t33-/m1/s1. The molecule has 0 radical (unpaired) electrons. The molecule has 0 spiro atoms. The van der Waals surface area contributed by atoms with Crippen LogP contribution in [0.1, 0.15) is 93.1 Å². The van der Waals surface area contributed by atoms with Gasteiger partial charge in [-0.25, -0.2) is 0 Å². The minimum Gasteiger partial charge on any atom is -0.497 e. The van der Waals surface area contributed by atoms with Gasteiger partial charge in [-0.1, -0.05) is 51.3 Å². The zero-order valence-corrected chi connectivity index (χ0v) is 26.3. The van der Waals surface area contributed by atoms with E-state index in [4.69, 9.17) is 9.47 Å². The summed E-state index contributed by atoms with van der Waals surface area (Å²) in [5, 5.41) is 6.39. The number of Topliss-reactive ketones (excluding diaryl/α,β-unsaturated/α-hetero) is 1. The highest BCUT2D eigenvalue weighted by atomic mass is 16.5. The molecule has 1 heterocycles. The second-order valence-electron chi connectivity index (χ2n) is 12.2. The number of ketones is 1. The topological polar surface area (TPSA) is 97.0 Å². The first kappa shape index (κ1) is 32.5. The molecule has 2 fully saturated rings. The Balaban J connectivity index is 1.29. The van der Waals surface area contributed by atoms with Crippen LogP contribution in [0, 0.1) is 11.8 Å². The smallest absolute Gasteiger partial charge is 0.251 e. The van der Waals surface area contributed by atoms with Gasteiger partial charge in [0.25, 0.3) is 5.91 Å². The SMILES string of the molecule is CCOc1cc(OC)ccc1CNCC(=O)N1CCC(c2cccc(C(=O)N[C@@H](C(=O)C(C)C)C3CCCCC3)c2)CC1. The molecular weight excluding hydrogens is 542 g/mol. The van der Waals surface area contributed by atoms with Crippen LogP contribution in [0.15, 0.2) is 42.5 Å². The van der Waals surface area contributed by atoms with Crippen molar-refractivity contribution < 1.29 is 23.9 Å². The van der Waals surface area contributed by atoms with E-state index in [2.05, 4.69) is 16.7 Å². The Morgan fingerprint density at radius 2 is 1.72 bits per heavy atom. The number of benzene rings is 2. The van der Waals surface area contributed by atoms with Gasteiger partial charge in [-0.05, 0) is 68.2 Å². The van der Waals surface area contributed by atoms with Crippen LogP contribution in [-0.2, 0) is 16.1 Å². The Morgan fingerprint density at radius 1 is 0.977 bits per heavy atom. The van der Waals surface area contributed by atoms with Gasteiger partial charge in [0, 0.05) is 42.7 Å². The Labute approximate surface area is 256 Å². The van der Waals surface area contributed by atoms with Crippen molar-refractivity contribution in [1.29, 1.82) is 0 Å². The maximum absolute atomic E-state index is 13.4. The number of nitrogens with zero attached hydrogens (tertiary/aromatic N) is 1. The van der Waals surface area contributed by atoms with Crippen molar-refractivity contribution in [2.24, 2.45) is 11.8 Å². The lowest BCUT2D eigenvalue weighted by Gasteiger charge is -2.33. The van der Waals surface area contributed by atoms with Crippen LogP contribution < -0.4 is 20.1 Å². The average molecular weight is 592 g/mol. The van der Waals surface area contributed by atoms with Crippen LogP contribution in [0.2, 0.25) is 0 Å². The van der Waals surface area contributed by atoms with Gasteiger partial charge in [0.15, 0.2) is 5.78 Å². The highest BCUT2D eigenvalue weighted by Crippen LogP contribution is 2.30. The molecule has 8 nitrogen and oxygen atoms in total. The van der Waals surface area contributed by atoms with Gasteiger partial charge in [-0.2, -0.15) is 0 Å². The van der Waals surface area contributed by atoms with Gasteiger partial charge >= 0.3 is 0 Å². The monoisotopic (exact) mass is 591 g/mol. The Hall–Kier alpha value is -3.39. The Bertz CT molecular complexity index is 1230. The van der Waals surface area contributed by atoms with E-state index in [0.717, 1.165) is 61.2 Å². The predicted octanol–water partition coefficient (Wildman–Crippen LogP) is 5.49. The number of piperidine rings is 1. The van der Waals surface area contributed by atoms with Crippen molar-refractivity contribution in [3.05, 3.63) is 59.2 Å². The van der Waals surface area contributed by atoms with E-state index in [1.54, 1.807) is 7.11 Å². The van der Waals surface area contributed by atoms with E-state index in [9.17, 15) is 14.4 Å². The van der Waals surface area contributed by atoms with Crippen LogP contribution in [0.3, 0.4) is 0 Å². The minimum atomic E-state index is -0.421. The fraction of sp³-hybridized carbons (Fsp3) is 0.571. The van der Waals surface area contributed by atoms with Gasteiger partial charge in [0.2, 0.25) is 5.91 Å². The molecule has 8 heteroatoms. The van der Waals surface area contributed by atoms with Gasteiger partial charge in [-0.15, -0.1) is 0 Å². The van der Waals surface area contributed by atoms with Crippen molar-refractivity contribution in [2.45, 2.75) is 84.2 Å². The summed E-state index contributed by atoms with van der Waals surface area (Å²) in [5.74, 6) is 1.92. The minimum absolute atomic E-state index is 0.0848. The highest BCUT2D eigenvalue weighted by Gasteiger charge is 2.32. The molecule has 1 aliphatic heterocycles. The molecule has 2 aromatic rings. The number of methoxy groups -OCH3 is 1. The summed E-state index contributed by atoms with van der Waals surface area (Å²) in [6.07, 6.45) is 7.12. The summed E-state index contributed by atoms with van der Waals surface area (Å²) < 4.78 is 11.0. The number of hydrogen-bond acceptors (Lipinski definition) is 6. The molecule has 0 unspecified atom stereocenters. The van der Waals surface area contributed by atoms with Gasteiger partial charge < -0.3 is 25.0 Å². The molecule has 234 valence electrons. The van der Waals surface area contributed by atoms with Crippen molar-refractivity contribution in [3.8, 4) is 11.5 Å². The molecule has 2 amide bonds. The molecule has 1 atom stereocenters. The number of amides is 2. The number of nitrogens with one attached hydrogen (secondary N) is 2. The molecular formula is C35H49N3O5. The summed E-state index contributed by atoms with van der Waals surface area (Å²) in [7, 11) is 1.63. The first-order valence-electron chi connectivity index (χ1n) is 16.0. The van der Waals surface area contributed by atoms with Gasteiger partial charge in [0.1, 0.15) is 11.5 Å². The van der Waals surface area contributed by atoms with E-state index in [1.165, 1.54) is 6.42 Å². The molecule has 4 rings (SSSR count). The number of ether oxygens (including phenoxy) is 2. The van der Waals surface area contributed by atoms with Gasteiger partial charge in [-0.3, -0.25) is 14.4 Å².